The van der Waals surface area contributed by atoms with Gasteiger partial charge in [0.25, 0.3) is 0 Å². The average molecular weight is 627 g/mol. The maximum Gasteiger partial charge on any atom is 0.135 e. The fourth-order valence-electron chi connectivity index (χ4n) is 7.49. The topological polar surface area (TPSA) is 21.3 Å². The van der Waals surface area contributed by atoms with Gasteiger partial charge in [-0.2, -0.15) is 0 Å². The Morgan fingerprint density at radius 2 is 1.04 bits per heavy atom. The van der Waals surface area contributed by atoms with Crippen LogP contribution < -0.4 is 4.90 Å². The zero-order valence-corrected chi connectivity index (χ0v) is 26.6. The van der Waals surface area contributed by atoms with Crippen molar-refractivity contribution in [3.8, 4) is 16.8 Å². The Morgan fingerprint density at radius 3 is 1.92 bits per heavy atom. The molecule has 3 heteroatoms. The molecule has 3 nitrogen and oxygen atoms in total. The molecule has 0 radical (unpaired) electrons. The maximum absolute atomic E-state index is 6.14. The van der Waals surface area contributed by atoms with E-state index in [0.29, 0.717) is 0 Å². The number of nitrogens with zero attached hydrogens (tertiary/aromatic N) is 2. The number of para-hydroxylation sites is 3. The van der Waals surface area contributed by atoms with Gasteiger partial charge in [0, 0.05) is 44.0 Å². The number of furan rings is 1. The van der Waals surface area contributed by atoms with E-state index in [1.807, 2.05) is 12.1 Å². The van der Waals surface area contributed by atoms with Crippen molar-refractivity contribution in [3.05, 3.63) is 182 Å². The van der Waals surface area contributed by atoms with Crippen molar-refractivity contribution in [2.45, 2.75) is 0 Å². The molecule has 2 aromatic heterocycles. The van der Waals surface area contributed by atoms with E-state index < -0.39 is 0 Å². The number of hydrogen-bond donors (Lipinski definition) is 0. The van der Waals surface area contributed by atoms with Crippen molar-refractivity contribution in [2.24, 2.45) is 0 Å². The summed E-state index contributed by atoms with van der Waals surface area (Å²) in [6.45, 7) is 0. The Hall–Kier alpha value is -6.58. The van der Waals surface area contributed by atoms with Crippen molar-refractivity contribution in [2.75, 3.05) is 4.90 Å². The minimum Gasteiger partial charge on any atom is -0.456 e. The van der Waals surface area contributed by atoms with Crippen LogP contribution >= 0.6 is 0 Å². The molecule has 0 bridgehead atoms. The van der Waals surface area contributed by atoms with Crippen LogP contribution in [0, 0.1) is 0 Å². The molecule has 10 rings (SSSR count). The van der Waals surface area contributed by atoms with Crippen LogP contribution in [0.1, 0.15) is 0 Å². The van der Waals surface area contributed by atoms with E-state index in [2.05, 4.69) is 179 Å². The van der Waals surface area contributed by atoms with E-state index in [-0.39, 0.29) is 0 Å². The Bertz CT molecular complexity index is 2820. The van der Waals surface area contributed by atoms with E-state index in [4.69, 9.17) is 4.42 Å². The van der Waals surface area contributed by atoms with E-state index in [9.17, 15) is 0 Å². The smallest absolute Gasteiger partial charge is 0.135 e. The second-order valence-electron chi connectivity index (χ2n) is 12.6. The summed E-state index contributed by atoms with van der Waals surface area (Å²) in [5.74, 6) is 0. The Balaban J connectivity index is 1.09. The minimum atomic E-state index is 0.905. The first-order valence-corrected chi connectivity index (χ1v) is 16.7. The van der Waals surface area contributed by atoms with Crippen molar-refractivity contribution < 1.29 is 4.42 Å². The monoisotopic (exact) mass is 626 g/mol. The maximum atomic E-state index is 6.14. The highest BCUT2D eigenvalue weighted by Gasteiger charge is 2.17. The van der Waals surface area contributed by atoms with Crippen LogP contribution in [0.15, 0.2) is 186 Å². The molecule has 10 aromatic rings. The summed E-state index contributed by atoms with van der Waals surface area (Å²) in [4.78, 5) is 2.35. The standard InChI is InChI=1S/C46H30N2O/c1-2-13-34(14-3-1)47(42-19-10-12-32-11-4-5-15-37(32)42)35-24-21-31(22-25-35)33-23-27-44-40(29-33)38-16-6-8-18-43(38)48(44)36-26-28-46-41(30-36)39-17-7-9-20-45(39)49-46/h1-30H. The molecule has 0 aliphatic rings. The lowest BCUT2D eigenvalue weighted by Crippen LogP contribution is -2.10. The van der Waals surface area contributed by atoms with Crippen LogP contribution in [0.4, 0.5) is 17.1 Å². The highest BCUT2D eigenvalue weighted by Crippen LogP contribution is 2.41. The van der Waals surface area contributed by atoms with Gasteiger partial charge in [0.1, 0.15) is 11.2 Å². The second kappa shape index (κ2) is 11.0. The molecule has 0 saturated carbocycles. The zero-order chi connectivity index (χ0) is 32.3. The highest BCUT2D eigenvalue weighted by atomic mass is 16.3. The van der Waals surface area contributed by atoms with Gasteiger partial charge >= 0.3 is 0 Å². The van der Waals surface area contributed by atoms with Gasteiger partial charge in [-0.05, 0) is 89.3 Å². The molecule has 0 amide bonds. The molecule has 0 saturated heterocycles. The second-order valence-corrected chi connectivity index (χ2v) is 12.6. The molecule has 0 atom stereocenters. The largest absolute Gasteiger partial charge is 0.456 e. The van der Waals surface area contributed by atoms with Gasteiger partial charge in [-0.15, -0.1) is 0 Å². The van der Waals surface area contributed by atoms with E-state index in [0.717, 1.165) is 44.7 Å². The van der Waals surface area contributed by atoms with E-state index in [1.54, 1.807) is 0 Å². The number of benzene rings is 8. The van der Waals surface area contributed by atoms with Crippen LogP contribution in [-0.2, 0) is 0 Å². The highest BCUT2D eigenvalue weighted by molar-refractivity contribution is 6.11. The number of fused-ring (bicyclic) bond motifs is 7. The lowest BCUT2D eigenvalue weighted by atomic mass is 10.0. The van der Waals surface area contributed by atoms with Gasteiger partial charge in [-0.3, -0.25) is 0 Å². The molecule has 0 aliphatic heterocycles. The van der Waals surface area contributed by atoms with Crippen molar-refractivity contribution in [3.63, 3.8) is 0 Å². The third-order valence-electron chi connectivity index (χ3n) is 9.77. The van der Waals surface area contributed by atoms with Crippen molar-refractivity contribution >= 4 is 71.6 Å². The molecular formula is C46H30N2O. The van der Waals surface area contributed by atoms with Crippen LogP contribution in [0.2, 0.25) is 0 Å². The van der Waals surface area contributed by atoms with Crippen LogP contribution in [0.5, 0.6) is 0 Å². The predicted octanol–water partition coefficient (Wildman–Crippen LogP) is 13.0. The summed E-state index contributed by atoms with van der Waals surface area (Å²) in [5.41, 5.74) is 11.1. The summed E-state index contributed by atoms with van der Waals surface area (Å²) in [6, 6.07) is 65.0. The first kappa shape index (κ1) is 27.5. The molecule has 230 valence electrons. The van der Waals surface area contributed by atoms with Crippen molar-refractivity contribution in [1.29, 1.82) is 0 Å². The summed E-state index contributed by atoms with van der Waals surface area (Å²) in [7, 11) is 0. The third kappa shape index (κ3) is 4.44. The van der Waals surface area contributed by atoms with Gasteiger partial charge < -0.3 is 13.9 Å². The SMILES string of the molecule is c1ccc(N(c2ccc(-c3ccc4c(c3)c3ccccc3n4-c3ccc4oc5ccccc5c4c3)cc2)c2cccc3ccccc23)cc1. The van der Waals surface area contributed by atoms with Crippen LogP contribution in [0.25, 0.3) is 71.3 Å². The summed E-state index contributed by atoms with van der Waals surface area (Å²) in [6.07, 6.45) is 0. The first-order chi connectivity index (χ1) is 24.3. The molecule has 0 aliphatic carbocycles. The lowest BCUT2D eigenvalue weighted by molar-refractivity contribution is 0.669. The Kier molecular flexibility index (Phi) is 6.18. The van der Waals surface area contributed by atoms with E-state index in [1.165, 1.54) is 43.7 Å². The van der Waals surface area contributed by atoms with E-state index >= 15 is 0 Å². The fraction of sp³-hybridized carbons (Fsp3) is 0. The zero-order valence-electron chi connectivity index (χ0n) is 26.6. The molecule has 8 aromatic carbocycles. The molecule has 0 unspecified atom stereocenters. The molecule has 2 heterocycles. The third-order valence-corrected chi connectivity index (χ3v) is 9.77. The fourth-order valence-corrected chi connectivity index (χ4v) is 7.49. The first-order valence-electron chi connectivity index (χ1n) is 16.7. The summed E-state index contributed by atoms with van der Waals surface area (Å²) >= 11 is 0. The molecule has 0 spiro atoms. The van der Waals surface area contributed by atoms with Crippen LogP contribution in [0.3, 0.4) is 0 Å². The van der Waals surface area contributed by atoms with Gasteiger partial charge in [0.15, 0.2) is 0 Å². The number of anilines is 3. The summed E-state index contributed by atoms with van der Waals surface area (Å²) < 4.78 is 8.52. The van der Waals surface area contributed by atoms with Gasteiger partial charge in [0.2, 0.25) is 0 Å². The molecule has 0 N–H and O–H groups in total. The molecule has 49 heavy (non-hydrogen) atoms. The molecule has 0 fully saturated rings. The number of hydrogen-bond acceptors (Lipinski definition) is 2. The molecular weight excluding hydrogens is 597 g/mol. The van der Waals surface area contributed by atoms with Crippen molar-refractivity contribution in [1.82, 2.24) is 4.57 Å². The number of rotatable bonds is 5. The summed E-state index contributed by atoms with van der Waals surface area (Å²) in [5, 5.41) is 7.18. The average Bonchev–Trinajstić information content (AvgIpc) is 3.71. The predicted molar refractivity (Wildman–Crippen MR) is 206 cm³/mol. The quantitative estimate of drug-likeness (QED) is 0.190. The Morgan fingerprint density at radius 1 is 0.388 bits per heavy atom. The van der Waals surface area contributed by atoms with Crippen LogP contribution in [-0.4, -0.2) is 4.57 Å². The Labute approximate surface area is 283 Å². The number of aromatic nitrogens is 1. The van der Waals surface area contributed by atoms with Gasteiger partial charge in [0.05, 0.1) is 16.7 Å². The van der Waals surface area contributed by atoms with Gasteiger partial charge in [-0.25, -0.2) is 0 Å². The van der Waals surface area contributed by atoms with Gasteiger partial charge in [-0.1, -0.05) is 109 Å². The lowest BCUT2D eigenvalue weighted by Gasteiger charge is -2.27. The normalized spacial score (nSPS) is 11.7. The minimum absolute atomic E-state index is 0.905.